The molecular weight excluding hydrogens is 308 g/mol. The van der Waals surface area contributed by atoms with Crippen molar-refractivity contribution in [3.63, 3.8) is 0 Å². The molecule has 1 heterocycles. The third-order valence-corrected chi connectivity index (χ3v) is 4.05. The second-order valence-electron chi connectivity index (χ2n) is 5.66. The number of carbonyl (C=O) groups is 1. The molecule has 0 unspecified atom stereocenters. The molecule has 7 nitrogen and oxygen atoms in total. The molecular formula is C17H24N4O3. The van der Waals surface area contributed by atoms with Crippen molar-refractivity contribution < 1.29 is 14.3 Å². The monoisotopic (exact) mass is 332 g/mol. The summed E-state index contributed by atoms with van der Waals surface area (Å²) in [4.78, 5) is 16.1. The molecule has 130 valence electrons. The van der Waals surface area contributed by atoms with Crippen LogP contribution in [0.2, 0.25) is 0 Å². The number of aryl methyl sites for hydroxylation is 1. The Morgan fingerprint density at radius 2 is 2.00 bits per heavy atom. The van der Waals surface area contributed by atoms with E-state index in [2.05, 4.69) is 15.4 Å². The van der Waals surface area contributed by atoms with Gasteiger partial charge in [0.2, 0.25) is 5.91 Å². The van der Waals surface area contributed by atoms with E-state index in [1.807, 2.05) is 32.0 Å². The lowest BCUT2D eigenvalue weighted by Crippen LogP contribution is -2.38. The van der Waals surface area contributed by atoms with E-state index in [0.717, 1.165) is 5.56 Å². The minimum Gasteiger partial charge on any atom is -0.493 e. The van der Waals surface area contributed by atoms with Crippen LogP contribution in [0.3, 0.4) is 0 Å². The van der Waals surface area contributed by atoms with Gasteiger partial charge >= 0.3 is 0 Å². The summed E-state index contributed by atoms with van der Waals surface area (Å²) in [6, 6.07) is 5.69. The van der Waals surface area contributed by atoms with E-state index in [1.54, 1.807) is 25.2 Å². The number of benzene rings is 1. The molecule has 2 atom stereocenters. The number of hydrogen-bond acceptors (Lipinski definition) is 5. The molecule has 0 aliphatic carbocycles. The Morgan fingerprint density at radius 1 is 1.25 bits per heavy atom. The Bertz CT molecular complexity index is 658. The molecule has 1 N–H and O–H groups in total. The lowest BCUT2D eigenvalue weighted by molar-refractivity contribution is -0.121. The fraction of sp³-hybridized carbons (Fsp3) is 0.471. The zero-order valence-corrected chi connectivity index (χ0v) is 14.5. The summed E-state index contributed by atoms with van der Waals surface area (Å²) in [5, 5.41) is 7.11. The maximum absolute atomic E-state index is 12.2. The van der Waals surface area contributed by atoms with E-state index >= 15 is 0 Å². The lowest BCUT2D eigenvalue weighted by Gasteiger charge is -2.21. The minimum atomic E-state index is -0.0374. The van der Waals surface area contributed by atoms with Crippen molar-refractivity contribution in [2.24, 2.45) is 0 Å². The highest BCUT2D eigenvalue weighted by Crippen LogP contribution is 2.27. The third kappa shape index (κ3) is 4.47. The number of hydrogen-bond donors (Lipinski definition) is 1. The molecule has 2 rings (SSSR count). The van der Waals surface area contributed by atoms with Gasteiger partial charge in [0.15, 0.2) is 11.5 Å². The summed E-state index contributed by atoms with van der Waals surface area (Å²) in [6.45, 7) is 3.95. The highest BCUT2D eigenvalue weighted by Gasteiger charge is 2.17. The first-order chi connectivity index (χ1) is 11.5. The van der Waals surface area contributed by atoms with Gasteiger partial charge in [-0.1, -0.05) is 6.07 Å². The van der Waals surface area contributed by atoms with Crippen molar-refractivity contribution in [1.82, 2.24) is 20.1 Å². The fourth-order valence-corrected chi connectivity index (χ4v) is 2.40. The molecule has 0 fully saturated rings. The van der Waals surface area contributed by atoms with E-state index < -0.39 is 0 Å². The van der Waals surface area contributed by atoms with Gasteiger partial charge in [-0.15, -0.1) is 0 Å². The summed E-state index contributed by atoms with van der Waals surface area (Å²) in [7, 11) is 3.20. The molecule has 0 saturated heterocycles. The van der Waals surface area contributed by atoms with E-state index in [0.29, 0.717) is 24.3 Å². The number of carbonyl (C=O) groups excluding carboxylic acids is 1. The van der Waals surface area contributed by atoms with Crippen LogP contribution in [0.25, 0.3) is 0 Å². The molecule has 0 aliphatic heterocycles. The largest absolute Gasteiger partial charge is 0.493 e. The Labute approximate surface area is 142 Å². The zero-order chi connectivity index (χ0) is 17.5. The lowest BCUT2D eigenvalue weighted by atomic mass is 10.1. The topological polar surface area (TPSA) is 78.3 Å². The van der Waals surface area contributed by atoms with Gasteiger partial charge in [0.25, 0.3) is 0 Å². The van der Waals surface area contributed by atoms with Gasteiger partial charge < -0.3 is 14.8 Å². The highest BCUT2D eigenvalue weighted by atomic mass is 16.5. The summed E-state index contributed by atoms with van der Waals surface area (Å²) in [5.41, 5.74) is 1.03. The van der Waals surface area contributed by atoms with Crippen molar-refractivity contribution in [2.75, 3.05) is 14.2 Å². The van der Waals surface area contributed by atoms with E-state index in [4.69, 9.17) is 9.47 Å². The normalized spacial score (nSPS) is 13.2. The maximum atomic E-state index is 12.2. The average Bonchev–Trinajstić information content (AvgIpc) is 3.13. The van der Waals surface area contributed by atoms with Crippen LogP contribution >= 0.6 is 0 Å². The molecule has 7 heteroatoms. The Kier molecular flexibility index (Phi) is 6.17. The predicted molar refractivity (Wildman–Crippen MR) is 90.2 cm³/mol. The van der Waals surface area contributed by atoms with Crippen LogP contribution in [0, 0.1) is 0 Å². The van der Waals surface area contributed by atoms with Crippen molar-refractivity contribution in [2.45, 2.75) is 38.8 Å². The maximum Gasteiger partial charge on any atom is 0.220 e. The number of ether oxygens (including phenoxy) is 2. The molecule has 2 aromatic rings. The molecule has 1 aromatic heterocycles. The predicted octanol–water partition coefficient (Wildman–Crippen LogP) is 1.99. The third-order valence-electron chi connectivity index (χ3n) is 4.05. The van der Waals surface area contributed by atoms with E-state index in [1.165, 1.54) is 6.33 Å². The van der Waals surface area contributed by atoms with Gasteiger partial charge in [-0.25, -0.2) is 9.67 Å². The van der Waals surface area contributed by atoms with Gasteiger partial charge in [-0.3, -0.25) is 4.79 Å². The standard InChI is InChI=1S/C17H24N4O3/c1-12(13(2)21-11-18-10-19-21)20-17(22)8-6-14-5-7-15(23-3)16(9-14)24-4/h5,7,9-13H,6,8H2,1-4H3,(H,20,22)/t12-,13+/m0/s1. The van der Waals surface area contributed by atoms with Crippen molar-refractivity contribution in [1.29, 1.82) is 0 Å². The molecule has 1 aromatic carbocycles. The van der Waals surface area contributed by atoms with Crippen LogP contribution < -0.4 is 14.8 Å². The van der Waals surface area contributed by atoms with Crippen LogP contribution in [-0.2, 0) is 11.2 Å². The Balaban J connectivity index is 1.86. The first-order valence-electron chi connectivity index (χ1n) is 7.89. The molecule has 0 saturated carbocycles. The van der Waals surface area contributed by atoms with E-state index in [-0.39, 0.29) is 18.0 Å². The Morgan fingerprint density at radius 3 is 2.62 bits per heavy atom. The smallest absolute Gasteiger partial charge is 0.220 e. The van der Waals surface area contributed by atoms with Gasteiger partial charge in [-0.05, 0) is 38.0 Å². The van der Waals surface area contributed by atoms with Crippen LogP contribution in [0.5, 0.6) is 11.5 Å². The first kappa shape index (κ1) is 17.8. The SMILES string of the molecule is COc1ccc(CCC(=O)N[C@@H](C)[C@@H](C)n2cncn2)cc1OC. The van der Waals surface area contributed by atoms with Gasteiger partial charge in [0.05, 0.1) is 20.3 Å². The van der Waals surface area contributed by atoms with Crippen LogP contribution in [-0.4, -0.2) is 40.9 Å². The minimum absolute atomic E-state index is 0.00394. The molecule has 0 aliphatic rings. The average molecular weight is 332 g/mol. The van der Waals surface area contributed by atoms with Crippen molar-refractivity contribution in [3.05, 3.63) is 36.4 Å². The zero-order valence-electron chi connectivity index (χ0n) is 14.5. The van der Waals surface area contributed by atoms with E-state index in [9.17, 15) is 4.79 Å². The number of amides is 1. The second kappa shape index (κ2) is 8.33. The molecule has 0 spiro atoms. The Hall–Kier alpha value is -2.57. The van der Waals surface area contributed by atoms with Crippen molar-refractivity contribution in [3.8, 4) is 11.5 Å². The quantitative estimate of drug-likeness (QED) is 0.800. The molecule has 24 heavy (non-hydrogen) atoms. The molecule has 0 bridgehead atoms. The number of nitrogens with zero attached hydrogens (tertiary/aromatic N) is 3. The molecule has 0 radical (unpaired) electrons. The van der Waals surface area contributed by atoms with Crippen LogP contribution in [0.15, 0.2) is 30.9 Å². The first-order valence-corrected chi connectivity index (χ1v) is 7.89. The highest BCUT2D eigenvalue weighted by molar-refractivity contribution is 5.76. The number of aromatic nitrogens is 3. The van der Waals surface area contributed by atoms with Crippen molar-refractivity contribution >= 4 is 5.91 Å². The summed E-state index contributed by atoms with van der Waals surface area (Å²) in [6.07, 6.45) is 4.18. The number of nitrogens with one attached hydrogen (secondary N) is 1. The second-order valence-corrected chi connectivity index (χ2v) is 5.66. The summed E-state index contributed by atoms with van der Waals surface area (Å²) >= 11 is 0. The summed E-state index contributed by atoms with van der Waals surface area (Å²) < 4.78 is 12.2. The van der Waals surface area contributed by atoms with Crippen LogP contribution in [0.4, 0.5) is 0 Å². The van der Waals surface area contributed by atoms with Gasteiger partial charge in [0.1, 0.15) is 12.7 Å². The van der Waals surface area contributed by atoms with Gasteiger partial charge in [-0.2, -0.15) is 5.10 Å². The van der Waals surface area contributed by atoms with Gasteiger partial charge in [0, 0.05) is 12.5 Å². The fourth-order valence-electron chi connectivity index (χ4n) is 2.40. The molecule has 1 amide bonds. The summed E-state index contributed by atoms with van der Waals surface area (Å²) in [5.74, 6) is 1.36. The number of rotatable bonds is 8. The number of methoxy groups -OCH3 is 2. The van der Waals surface area contributed by atoms with Crippen LogP contribution in [0.1, 0.15) is 31.9 Å².